The molecule has 2 aromatic heterocycles. The normalized spacial score (nSPS) is 17.3. The van der Waals surface area contributed by atoms with Crippen LogP contribution in [0.25, 0.3) is 0 Å². The van der Waals surface area contributed by atoms with Crippen molar-refractivity contribution >= 4 is 5.91 Å². The first-order valence-corrected chi connectivity index (χ1v) is 7.42. The topological polar surface area (TPSA) is 93.2 Å². The molecule has 0 spiro atoms. The maximum absolute atomic E-state index is 12.6. The van der Waals surface area contributed by atoms with Gasteiger partial charge in [-0.25, -0.2) is 9.97 Å². The highest BCUT2D eigenvalue weighted by Gasteiger charge is 2.31. The Balaban J connectivity index is 1.68. The minimum Gasteiger partial charge on any atom is -0.477 e. The first kappa shape index (κ1) is 15.3. The van der Waals surface area contributed by atoms with E-state index in [0.29, 0.717) is 36.1 Å². The number of aryl methyl sites for hydroxylation is 2. The number of carbonyl (C=O) groups is 1. The number of hydrogen-bond acceptors (Lipinski definition) is 6. The van der Waals surface area contributed by atoms with E-state index < -0.39 is 0 Å². The van der Waals surface area contributed by atoms with Crippen molar-refractivity contribution in [2.75, 3.05) is 20.2 Å². The van der Waals surface area contributed by atoms with E-state index in [9.17, 15) is 4.79 Å². The number of nitrogens with one attached hydrogen (secondary N) is 1. The van der Waals surface area contributed by atoms with Crippen LogP contribution >= 0.6 is 0 Å². The summed E-state index contributed by atoms with van der Waals surface area (Å²) in [6, 6.07) is 0. The molecule has 1 fully saturated rings. The van der Waals surface area contributed by atoms with Crippen LogP contribution in [0.1, 0.15) is 28.2 Å². The van der Waals surface area contributed by atoms with Gasteiger partial charge in [0, 0.05) is 31.1 Å². The smallest absolute Gasteiger partial charge is 0.278 e. The minimum atomic E-state index is -0.128. The predicted molar refractivity (Wildman–Crippen MR) is 81.6 cm³/mol. The molecule has 0 radical (unpaired) electrons. The zero-order chi connectivity index (χ0) is 16.4. The molecule has 0 aliphatic carbocycles. The monoisotopic (exact) mass is 317 g/mol. The number of rotatable bonds is 4. The van der Waals surface area contributed by atoms with Crippen molar-refractivity contribution in [2.24, 2.45) is 0 Å². The highest BCUT2D eigenvalue weighted by atomic mass is 16.5. The summed E-state index contributed by atoms with van der Waals surface area (Å²) in [5.74, 6) is 0.676. The zero-order valence-corrected chi connectivity index (χ0v) is 13.4. The van der Waals surface area contributed by atoms with E-state index in [0.717, 1.165) is 12.1 Å². The molecule has 0 saturated carbocycles. The van der Waals surface area contributed by atoms with Crippen LogP contribution in [0.4, 0.5) is 0 Å². The molecule has 1 saturated heterocycles. The number of nitrogens with zero attached hydrogens (tertiary/aromatic N) is 4. The van der Waals surface area contributed by atoms with Crippen molar-refractivity contribution in [1.82, 2.24) is 25.1 Å². The highest BCUT2D eigenvalue weighted by molar-refractivity contribution is 5.96. The number of methoxy groups -OCH3 is 1. The van der Waals surface area contributed by atoms with E-state index in [1.165, 1.54) is 7.11 Å². The average Bonchev–Trinajstić information content (AvgIpc) is 3.14. The second kappa shape index (κ2) is 6.23. The molecule has 0 unspecified atom stereocenters. The third-order valence-electron chi connectivity index (χ3n) is 3.88. The van der Waals surface area contributed by atoms with E-state index in [1.807, 2.05) is 13.8 Å². The summed E-state index contributed by atoms with van der Waals surface area (Å²) in [6.07, 6.45) is 3.70. The first-order chi connectivity index (χ1) is 11.1. The van der Waals surface area contributed by atoms with Gasteiger partial charge in [-0.2, -0.15) is 5.10 Å². The Labute approximate surface area is 133 Å². The highest BCUT2D eigenvalue weighted by Crippen LogP contribution is 2.25. The number of likely N-dealkylation sites (tertiary alicyclic amines) is 1. The molecule has 1 atom stereocenters. The van der Waals surface area contributed by atoms with Gasteiger partial charge in [-0.3, -0.25) is 9.89 Å². The predicted octanol–water partition coefficient (Wildman–Crippen LogP) is 1.12. The lowest BCUT2D eigenvalue weighted by atomic mass is 10.2. The van der Waals surface area contributed by atoms with Gasteiger partial charge in [0.25, 0.3) is 17.7 Å². The summed E-state index contributed by atoms with van der Waals surface area (Å²) < 4.78 is 11.0. The Morgan fingerprint density at radius 2 is 2.04 bits per heavy atom. The standard InChI is InChI=1S/C15H19N5O3/c1-9-12(10(2)19-18-9)15(21)20-7-4-11(8-20)23-14-13(22-3)16-5-6-17-14/h5-6,11H,4,7-8H2,1-3H3,(H,18,19)/t11-/m0/s1. The van der Waals surface area contributed by atoms with Gasteiger partial charge in [0.2, 0.25) is 0 Å². The lowest BCUT2D eigenvalue weighted by molar-refractivity contribution is 0.0769. The quantitative estimate of drug-likeness (QED) is 0.908. The van der Waals surface area contributed by atoms with Gasteiger partial charge < -0.3 is 14.4 Å². The van der Waals surface area contributed by atoms with Crippen molar-refractivity contribution in [1.29, 1.82) is 0 Å². The molecule has 1 aliphatic rings. The Morgan fingerprint density at radius 1 is 1.30 bits per heavy atom. The molecule has 8 heteroatoms. The first-order valence-electron chi connectivity index (χ1n) is 7.42. The Morgan fingerprint density at radius 3 is 2.70 bits per heavy atom. The summed E-state index contributed by atoms with van der Waals surface area (Å²) in [4.78, 5) is 22.6. The maximum Gasteiger partial charge on any atom is 0.278 e. The van der Waals surface area contributed by atoms with Crippen LogP contribution in [0.2, 0.25) is 0 Å². The van der Waals surface area contributed by atoms with Gasteiger partial charge in [0.05, 0.1) is 24.9 Å². The van der Waals surface area contributed by atoms with Crippen LogP contribution in [-0.4, -0.2) is 57.3 Å². The molecule has 122 valence electrons. The molecular weight excluding hydrogens is 298 g/mol. The fourth-order valence-electron chi connectivity index (χ4n) is 2.72. The fraction of sp³-hybridized carbons (Fsp3) is 0.467. The molecular formula is C15H19N5O3. The van der Waals surface area contributed by atoms with Crippen molar-refractivity contribution in [3.63, 3.8) is 0 Å². The average molecular weight is 317 g/mol. The molecule has 3 heterocycles. The molecule has 2 aromatic rings. The molecule has 23 heavy (non-hydrogen) atoms. The van der Waals surface area contributed by atoms with Crippen LogP contribution in [0.15, 0.2) is 12.4 Å². The summed E-state index contributed by atoms with van der Waals surface area (Å²) in [5, 5.41) is 6.92. The van der Waals surface area contributed by atoms with Crippen molar-refractivity contribution in [3.8, 4) is 11.8 Å². The largest absolute Gasteiger partial charge is 0.477 e. The van der Waals surface area contributed by atoms with E-state index in [2.05, 4.69) is 20.2 Å². The lowest BCUT2D eigenvalue weighted by Crippen LogP contribution is -2.31. The second-order valence-electron chi connectivity index (χ2n) is 5.46. The van der Waals surface area contributed by atoms with Crippen molar-refractivity contribution < 1.29 is 14.3 Å². The van der Waals surface area contributed by atoms with E-state index in [1.54, 1.807) is 17.3 Å². The molecule has 0 aromatic carbocycles. The van der Waals surface area contributed by atoms with Gasteiger partial charge in [0.1, 0.15) is 6.10 Å². The molecule has 1 amide bonds. The second-order valence-corrected chi connectivity index (χ2v) is 5.46. The third kappa shape index (κ3) is 2.96. The van der Waals surface area contributed by atoms with Crippen LogP contribution in [0.5, 0.6) is 11.8 Å². The zero-order valence-electron chi connectivity index (χ0n) is 13.4. The molecule has 0 bridgehead atoms. The van der Waals surface area contributed by atoms with Gasteiger partial charge in [-0.05, 0) is 13.8 Å². The van der Waals surface area contributed by atoms with Gasteiger partial charge >= 0.3 is 0 Å². The van der Waals surface area contributed by atoms with Crippen molar-refractivity contribution in [3.05, 3.63) is 29.3 Å². The molecule has 1 aliphatic heterocycles. The fourth-order valence-corrected chi connectivity index (χ4v) is 2.72. The Bertz CT molecular complexity index is 695. The van der Waals surface area contributed by atoms with E-state index >= 15 is 0 Å². The lowest BCUT2D eigenvalue weighted by Gasteiger charge is -2.17. The van der Waals surface area contributed by atoms with Crippen LogP contribution < -0.4 is 9.47 Å². The van der Waals surface area contributed by atoms with Gasteiger partial charge in [0.15, 0.2) is 0 Å². The third-order valence-corrected chi connectivity index (χ3v) is 3.88. The number of aromatic nitrogens is 4. The molecule has 8 nitrogen and oxygen atoms in total. The van der Waals surface area contributed by atoms with Crippen molar-refractivity contribution in [2.45, 2.75) is 26.4 Å². The summed E-state index contributed by atoms with van der Waals surface area (Å²) in [5.41, 5.74) is 2.14. The maximum atomic E-state index is 12.6. The Hall–Kier alpha value is -2.64. The molecule has 3 rings (SSSR count). The number of amides is 1. The number of hydrogen-bond donors (Lipinski definition) is 1. The van der Waals surface area contributed by atoms with Crippen LogP contribution in [0.3, 0.4) is 0 Å². The van der Waals surface area contributed by atoms with Gasteiger partial charge in [-0.15, -0.1) is 0 Å². The summed E-state index contributed by atoms with van der Waals surface area (Å²) in [6.45, 7) is 4.81. The SMILES string of the molecule is COc1nccnc1O[C@H]1CCN(C(=O)c2c(C)n[nH]c2C)C1. The number of H-pyrrole nitrogens is 1. The van der Waals surface area contributed by atoms with Crippen LogP contribution in [0, 0.1) is 13.8 Å². The van der Waals surface area contributed by atoms with E-state index in [-0.39, 0.29) is 12.0 Å². The molecule has 1 N–H and O–H groups in total. The number of ether oxygens (including phenoxy) is 2. The number of aromatic amines is 1. The Kier molecular flexibility index (Phi) is 4.14. The van der Waals surface area contributed by atoms with E-state index in [4.69, 9.17) is 9.47 Å². The summed E-state index contributed by atoms with van der Waals surface area (Å²) >= 11 is 0. The number of carbonyl (C=O) groups excluding carboxylic acids is 1. The summed E-state index contributed by atoms with van der Waals surface area (Å²) in [7, 11) is 1.52. The van der Waals surface area contributed by atoms with Gasteiger partial charge in [-0.1, -0.05) is 0 Å². The minimum absolute atomic E-state index is 0.0223. The van der Waals surface area contributed by atoms with Crippen LogP contribution in [-0.2, 0) is 0 Å².